The zero-order valence-electron chi connectivity index (χ0n) is 19.3. The summed E-state index contributed by atoms with van der Waals surface area (Å²) in [6.45, 7) is 4.26. The van der Waals surface area contributed by atoms with Gasteiger partial charge in [-0.3, -0.25) is 9.59 Å². The third-order valence-electron chi connectivity index (χ3n) is 5.14. The van der Waals surface area contributed by atoms with Crippen LogP contribution in [0.3, 0.4) is 0 Å². The molecular weight excluding hydrogens is 466 g/mol. The SMILES string of the molecule is CCN(CC)S(=O)(=O)c1ccc(CCC(=O)N(C)CC(=O)Nc2cc(Cl)ccc2OC)cc1. The number of anilines is 1. The molecule has 0 saturated carbocycles. The number of hydrogen-bond acceptors (Lipinski definition) is 5. The van der Waals surface area contributed by atoms with E-state index in [1.165, 1.54) is 16.3 Å². The number of rotatable bonds is 11. The predicted octanol–water partition coefficient (Wildman–Crippen LogP) is 3.41. The number of benzene rings is 2. The van der Waals surface area contributed by atoms with Gasteiger partial charge in [-0.1, -0.05) is 37.6 Å². The Kier molecular flexibility index (Phi) is 9.70. The van der Waals surface area contributed by atoms with Crippen LogP contribution in [0.15, 0.2) is 47.4 Å². The highest BCUT2D eigenvalue weighted by Gasteiger charge is 2.21. The van der Waals surface area contributed by atoms with Crippen molar-refractivity contribution < 1.29 is 22.7 Å². The average Bonchev–Trinajstić information content (AvgIpc) is 2.78. The maximum Gasteiger partial charge on any atom is 0.244 e. The molecule has 33 heavy (non-hydrogen) atoms. The molecule has 0 aliphatic carbocycles. The molecule has 0 bridgehead atoms. The summed E-state index contributed by atoms with van der Waals surface area (Å²) in [4.78, 5) is 26.4. The van der Waals surface area contributed by atoms with Gasteiger partial charge in [0.15, 0.2) is 0 Å². The first-order valence-electron chi connectivity index (χ1n) is 10.6. The van der Waals surface area contributed by atoms with Gasteiger partial charge in [0.25, 0.3) is 0 Å². The molecule has 0 heterocycles. The molecule has 0 fully saturated rings. The van der Waals surface area contributed by atoms with Crippen molar-refractivity contribution in [3.8, 4) is 5.75 Å². The highest BCUT2D eigenvalue weighted by atomic mass is 35.5. The molecule has 2 rings (SSSR count). The number of hydrogen-bond donors (Lipinski definition) is 1. The smallest absolute Gasteiger partial charge is 0.244 e. The Balaban J connectivity index is 1.91. The van der Waals surface area contributed by atoms with Gasteiger partial charge in [-0.2, -0.15) is 4.31 Å². The number of amides is 2. The van der Waals surface area contributed by atoms with E-state index in [0.717, 1.165) is 5.56 Å². The quantitative estimate of drug-likeness (QED) is 0.515. The fourth-order valence-electron chi connectivity index (χ4n) is 3.25. The first-order valence-corrected chi connectivity index (χ1v) is 12.4. The molecule has 0 aliphatic heterocycles. The van der Waals surface area contributed by atoms with Gasteiger partial charge in [0.2, 0.25) is 21.8 Å². The van der Waals surface area contributed by atoms with E-state index < -0.39 is 10.0 Å². The van der Waals surface area contributed by atoms with Gasteiger partial charge >= 0.3 is 0 Å². The molecule has 2 amide bonds. The first-order chi connectivity index (χ1) is 15.6. The lowest BCUT2D eigenvalue weighted by Gasteiger charge is -2.19. The van der Waals surface area contributed by atoms with Crippen molar-refractivity contribution in [3.05, 3.63) is 53.1 Å². The van der Waals surface area contributed by atoms with Crippen LogP contribution in [0.2, 0.25) is 5.02 Å². The Bertz CT molecular complexity index is 1070. The van der Waals surface area contributed by atoms with E-state index in [0.29, 0.717) is 36.0 Å². The van der Waals surface area contributed by atoms with Crippen LogP contribution in [0.5, 0.6) is 5.75 Å². The molecular formula is C23H30ClN3O5S. The van der Waals surface area contributed by atoms with Crippen LogP contribution in [0.4, 0.5) is 5.69 Å². The highest BCUT2D eigenvalue weighted by molar-refractivity contribution is 7.89. The van der Waals surface area contributed by atoms with Crippen molar-refractivity contribution in [2.45, 2.75) is 31.6 Å². The molecule has 0 aromatic heterocycles. The Hall–Kier alpha value is -2.62. The van der Waals surface area contributed by atoms with Crippen molar-refractivity contribution in [1.82, 2.24) is 9.21 Å². The molecule has 10 heteroatoms. The number of nitrogens with one attached hydrogen (secondary N) is 1. The lowest BCUT2D eigenvalue weighted by molar-refractivity contribution is -0.133. The second-order valence-electron chi connectivity index (χ2n) is 7.38. The maximum absolute atomic E-state index is 12.6. The van der Waals surface area contributed by atoms with E-state index in [-0.39, 0.29) is 29.7 Å². The molecule has 0 radical (unpaired) electrons. The molecule has 2 aromatic rings. The first kappa shape index (κ1) is 26.6. The van der Waals surface area contributed by atoms with Crippen LogP contribution < -0.4 is 10.1 Å². The van der Waals surface area contributed by atoms with E-state index in [2.05, 4.69) is 5.32 Å². The van der Waals surface area contributed by atoms with Crippen LogP contribution >= 0.6 is 11.6 Å². The zero-order chi connectivity index (χ0) is 24.6. The zero-order valence-corrected chi connectivity index (χ0v) is 20.9. The van der Waals surface area contributed by atoms with Gasteiger partial charge in [0, 0.05) is 31.6 Å². The lowest BCUT2D eigenvalue weighted by atomic mass is 10.1. The van der Waals surface area contributed by atoms with Gasteiger partial charge in [-0.05, 0) is 42.3 Å². The molecule has 0 unspecified atom stereocenters. The predicted molar refractivity (Wildman–Crippen MR) is 129 cm³/mol. The van der Waals surface area contributed by atoms with Crippen LogP contribution in [-0.2, 0) is 26.0 Å². The fraction of sp³-hybridized carbons (Fsp3) is 0.391. The molecule has 0 atom stereocenters. The largest absolute Gasteiger partial charge is 0.495 e. The number of ether oxygens (including phenoxy) is 1. The third kappa shape index (κ3) is 7.18. The molecule has 0 saturated heterocycles. The van der Waals surface area contributed by atoms with Gasteiger partial charge in [0.05, 0.1) is 24.2 Å². The summed E-state index contributed by atoms with van der Waals surface area (Å²) < 4.78 is 31.7. The van der Waals surface area contributed by atoms with Crippen LogP contribution in [-0.4, -0.2) is 63.2 Å². The summed E-state index contributed by atoms with van der Waals surface area (Å²) in [6.07, 6.45) is 0.616. The summed E-state index contributed by atoms with van der Waals surface area (Å²) in [5, 5.41) is 3.15. The minimum Gasteiger partial charge on any atom is -0.495 e. The van der Waals surface area contributed by atoms with E-state index in [1.54, 1.807) is 63.4 Å². The van der Waals surface area contributed by atoms with Crippen LogP contribution in [0.25, 0.3) is 0 Å². The summed E-state index contributed by atoms with van der Waals surface area (Å²) in [5.74, 6) is -0.117. The Morgan fingerprint density at radius 1 is 1.06 bits per heavy atom. The lowest BCUT2D eigenvalue weighted by Crippen LogP contribution is -2.35. The highest BCUT2D eigenvalue weighted by Crippen LogP contribution is 2.27. The minimum atomic E-state index is -3.51. The second kappa shape index (κ2) is 12.0. The minimum absolute atomic E-state index is 0.129. The third-order valence-corrected chi connectivity index (χ3v) is 7.44. The number of carbonyl (C=O) groups excluding carboxylic acids is 2. The second-order valence-corrected chi connectivity index (χ2v) is 9.75. The molecule has 180 valence electrons. The van der Waals surface area contributed by atoms with E-state index in [9.17, 15) is 18.0 Å². The van der Waals surface area contributed by atoms with Gasteiger partial charge < -0.3 is 15.0 Å². The Morgan fingerprint density at radius 3 is 2.27 bits per heavy atom. The van der Waals surface area contributed by atoms with Crippen molar-refractivity contribution in [1.29, 1.82) is 0 Å². The van der Waals surface area contributed by atoms with Gasteiger partial charge in [-0.15, -0.1) is 0 Å². The van der Waals surface area contributed by atoms with E-state index in [4.69, 9.17) is 16.3 Å². The normalized spacial score (nSPS) is 11.3. The molecule has 2 aromatic carbocycles. The number of methoxy groups -OCH3 is 1. The summed E-state index contributed by atoms with van der Waals surface area (Å²) >= 11 is 5.97. The van der Waals surface area contributed by atoms with E-state index in [1.807, 2.05) is 0 Å². The molecule has 0 spiro atoms. The van der Waals surface area contributed by atoms with Crippen LogP contribution in [0.1, 0.15) is 25.8 Å². The number of halogens is 1. The number of carbonyl (C=O) groups is 2. The fourth-order valence-corrected chi connectivity index (χ4v) is 4.88. The number of likely N-dealkylation sites (N-methyl/N-ethyl adjacent to an activating group) is 1. The topological polar surface area (TPSA) is 96.0 Å². The van der Waals surface area contributed by atoms with Gasteiger partial charge in [0.1, 0.15) is 5.75 Å². The molecule has 0 aliphatic rings. The Labute approximate surface area is 200 Å². The van der Waals surface area contributed by atoms with Crippen molar-refractivity contribution in [2.75, 3.05) is 39.1 Å². The Morgan fingerprint density at radius 2 is 1.70 bits per heavy atom. The standard InChI is InChI=1S/C23H30ClN3O5S/c1-5-27(6-2)33(30,31)19-11-7-17(8-12-19)9-14-23(29)26(3)16-22(28)25-20-15-18(24)10-13-21(20)32-4/h7-8,10-13,15H,5-6,9,14,16H2,1-4H3,(H,25,28). The summed E-state index contributed by atoms with van der Waals surface area (Å²) in [6, 6.07) is 11.4. The molecule has 1 N–H and O–H groups in total. The maximum atomic E-state index is 12.6. The van der Waals surface area contributed by atoms with Crippen molar-refractivity contribution >= 4 is 39.1 Å². The molecule has 8 nitrogen and oxygen atoms in total. The van der Waals surface area contributed by atoms with E-state index >= 15 is 0 Å². The monoisotopic (exact) mass is 495 g/mol. The number of aryl methyl sites for hydroxylation is 1. The summed E-state index contributed by atoms with van der Waals surface area (Å²) in [5.41, 5.74) is 1.26. The summed E-state index contributed by atoms with van der Waals surface area (Å²) in [7, 11) is -0.475. The van der Waals surface area contributed by atoms with Crippen molar-refractivity contribution in [2.24, 2.45) is 0 Å². The van der Waals surface area contributed by atoms with Crippen LogP contribution in [0, 0.1) is 0 Å². The average molecular weight is 496 g/mol. The van der Waals surface area contributed by atoms with Crippen molar-refractivity contribution in [3.63, 3.8) is 0 Å². The number of sulfonamides is 1. The van der Waals surface area contributed by atoms with Gasteiger partial charge in [-0.25, -0.2) is 8.42 Å². The number of nitrogens with zero attached hydrogens (tertiary/aromatic N) is 2.